The Bertz CT molecular complexity index is 1030. The van der Waals surface area contributed by atoms with Crippen molar-refractivity contribution in [2.75, 3.05) is 24.7 Å². The first-order valence-electron chi connectivity index (χ1n) is 12.0. The van der Waals surface area contributed by atoms with Crippen LogP contribution in [0.4, 0.5) is 5.69 Å². The molecule has 3 saturated heterocycles. The van der Waals surface area contributed by atoms with Gasteiger partial charge in [-0.1, -0.05) is 40.2 Å². The molecule has 3 unspecified atom stereocenters. The van der Waals surface area contributed by atoms with E-state index in [1.54, 1.807) is 36.6 Å². The second kappa shape index (κ2) is 9.90. The lowest BCUT2D eigenvalue weighted by atomic mass is 9.71. The first kappa shape index (κ1) is 26.2. The third kappa shape index (κ3) is 3.94. The van der Waals surface area contributed by atoms with Crippen molar-refractivity contribution in [3.05, 3.63) is 42.0 Å². The van der Waals surface area contributed by atoms with Crippen molar-refractivity contribution in [3.8, 4) is 0 Å². The van der Waals surface area contributed by atoms with Gasteiger partial charge in [0.15, 0.2) is 0 Å². The Morgan fingerprint density at radius 2 is 2.06 bits per heavy atom. The Labute approximate surface area is 219 Å². The number of nitrogens with zero attached hydrogens (tertiary/aromatic N) is 2. The van der Waals surface area contributed by atoms with E-state index < -0.39 is 34.6 Å². The molecule has 190 valence electrons. The van der Waals surface area contributed by atoms with Gasteiger partial charge in [-0.15, -0.1) is 18.3 Å². The molecule has 0 saturated carbocycles. The van der Waals surface area contributed by atoms with E-state index in [4.69, 9.17) is 4.74 Å². The molecule has 35 heavy (non-hydrogen) atoms. The summed E-state index contributed by atoms with van der Waals surface area (Å²) in [5.41, 5.74) is 2.70. The van der Waals surface area contributed by atoms with E-state index in [9.17, 15) is 19.5 Å². The van der Waals surface area contributed by atoms with E-state index >= 15 is 0 Å². The second-order valence-electron chi connectivity index (χ2n) is 9.67. The van der Waals surface area contributed by atoms with Crippen LogP contribution in [0.3, 0.4) is 0 Å². The number of fused-ring (bicyclic) bond motifs is 1. The predicted octanol–water partition coefficient (Wildman–Crippen LogP) is 3.23. The number of amides is 2. The van der Waals surface area contributed by atoms with Crippen LogP contribution in [0.5, 0.6) is 0 Å². The van der Waals surface area contributed by atoms with Crippen LogP contribution in [0.25, 0.3) is 0 Å². The monoisotopic (exact) mass is 564 g/mol. The van der Waals surface area contributed by atoms with Gasteiger partial charge in [0.25, 0.3) is 5.91 Å². The average Bonchev–Trinajstić information content (AvgIpc) is 3.41. The van der Waals surface area contributed by atoms with Gasteiger partial charge < -0.3 is 19.6 Å². The number of carbonyl (C=O) groups excluding carboxylic acids is 3. The SMILES string of the molecule is C=CCN(C(=O)C1N([C@H](C)CO)C(=O)[C@@H]2[C@H](C(=O)OCC)[C@H]3SC12CC3Br)c1c(C)cccc1C. The number of anilines is 1. The molecule has 1 aromatic carbocycles. The molecule has 2 bridgehead atoms. The number of hydrogen-bond acceptors (Lipinski definition) is 6. The number of aliphatic hydroxyl groups excluding tert-OH is 1. The maximum Gasteiger partial charge on any atom is 0.310 e. The Morgan fingerprint density at radius 3 is 2.63 bits per heavy atom. The first-order chi connectivity index (χ1) is 16.6. The third-order valence-corrected chi connectivity index (χ3v) is 10.8. The zero-order valence-corrected chi connectivity index (χ0v) is 23.0. The summed E-state index contributed by atoms with van der Waals surface area (Å²) < 4.78 is 4.59. The summed E-state index contributed by atoms with van der Waals surface area (Å²) in [6.45, 7) is 11.5. The van der Waals surface area contributed by atoms with Crippen molar-refractivity contribution in [3.63, 3.8) is 0 Å². The number of rotatable bonds is 8. The van der Waals surface area contributed by atoms with Crippen LogP contribution >= 0.6 is 27.7 Å². The fraction of sp³-hybridized carbons (Fsp3) is 0.577. The lowest BCUT2D eigenvalue weighted by molar-refractivity contribution is -0.154. The van der Waals surface area contributed by atoms with Crippen LogP contribution in [0.2, 0.25) is 0 Å². The fourth-order valence-electron chi connectivity index (χ4n) is 6.22. The quantitative estimate of drug-likeness (QED) is 0.296. The van der Waals surface area contributed by atoms with Gasteiger partial charge in [-0.25, -0.2) is 0 Å². The van der Waals surface area contributed by atoms with Crippen molar-refractivity contribution in [1.82, 2.24) is 4.90 Å². The van der Waals surface area contributed by atoms with Crippen molar-refractivity contribution in [2.24, 2.45) is 11.8 Å². The van der Waals surface area contributed by atoms with E-state index in [1.165, 1.54) is 4.90 Å². The minimum atomic E-state index is -0.824. The molecule has 3 heterocycles. The maximum atomic E-state index is 14.5. The van der Waals surface area contributed by atoms with Crippen molar-refractivity contribution < 1.29 is 24.2 Å². The van der Waals surface area contributed by atoms with Gasteiger partial charge in [-0.05, 0) is 45.2 Å². The van der Waals surface area contributed by atoms with Crippen LogP contribution in [0, 0.1) is 25.7 Å². The molecule has 2 amide bonds. The molecule has 1 spiro atoms. The van der Waals surface area contributed by atoms with Gasteiger partial charge in [0, 0.05) is 22.3 Å². The average molecular weight is 566 g/mol. The zero-order valence-electron chi connectivity index (χ0n) is 20.6. The van der Waals surface area contributed by atoms with Gasteiger partial charge in [0.2, 0.25) is 5.91 Å². The molecule has 4 rings (SSSR count). The van der Waals surface area contributed by atoms with E-state index in [-0.39, 0.29) is 41.6 Å². The maximum absolute atomic E-state index is 14.5. The number of para-hydroxylation sites is 1. The number of aryl methyl sites for hydroxylation is 2. The fourth-order valence-corrected chi connectivity index (χ4v) is 9.80. The van der Waals surface area contributed by atoms with Crippen molar-refractivity contribution in [1.29, 1.82) is 0 Å². The highest BCUT2D eigenvalue weighted by atomic mass is 79.9. The third-order valence-electron chi connectivity index (χ3n) is 7.55. The standard InChI is InChI=1S/C26H33BrN2O5S/c1-6-11-28(20-14(3)9-8-10-15(20)4)24(32)22-26-12-17(27)21(35-26)18(25(33)34-7-2)19(26)23(31)29(22)16(5)13-30/h6,8-10,16-19,21-22,30H,1,7,11-13H2,2-5H3/t16-,17?,18+,19+,21+,22?,26?/m1/s1. The van der Waals surface area contributed by atoms with Crippen molar-refractivity contribution in [2.45, 2.75) is 61.0 Å². The lowest BCUT2D eigenvalue weighted by Gasteiger charge is -2.39. The number of ether oxygens (including phenoxy) is 1. The highest BCUT2D eigenvalue weighted by Gasteiger charge is 2.76. The van der Waals surface area contributed by atoms with E-state index in [0.717, 1.165) is 16.8 Å². The molecule has 3 aliphatic heterocycles. The molecule has 1 N–H and O–H groups in total. The Balaban J connectivity index is 1.86. The summed E-state index contributed by atoms with van der Waals surface area (Å²) in [7, 11) is 0. The number of benzene rings is 1. The summed E-state index contributed by atoms with van der Waals surface area (Å²) in [4.78, 5) is 44.7. The first-order valence-corrected chi connectivity index (χ1v) is 13.8. The van der Waals surface area contributed by atoms with E-state index in [2.05, 4.69) is 22.5 Å². The lowest BCUT2D eigenvalue weighted by Crippen LogP contribution is -2.57. The largest absolute Gasteiger partial charge is 0.466 e. The van der Waals surface area contributed by atoms with Crippen LogP contribution in [0.1, 0.15) is 31.4 Å². The topological polar surface area (TPSA) is 87.2 Å². The molecule has 7 atom stereocenters. The predicted molar refractivity (Wildman–Crippen MR) is 141 cm³/mol. The number of hydrogen-bond donors (Lipinski definition) is 1. The number of aliphatic hydroxyl groups is 1. The van der Waals surface area contributed by atoms with E-state index in [1.807, 2.05) is 32.0 Å². The van der Waals surface area contributed by atoms with Gasteiger partial charge in [-0.3, -0.25) is 14.4 Å². The van der Waals surface area contributed by atoms with Crippen LogP contribution < -0.4 is 4.90 Å². The number of alkyl halides is 1. The van der Waals surface area contributed by atoms with Gasteiger partial charge in [0.05, 0.1) is 35.8 Å². The molecular weight excluding hydrogens is 532 g/mol. The Kier molecular flexibility index (Phi) is 7.42. The summed E-state index contributed by atoms with van der Waals surface area (Å²) in [6, 6.07) is 4.47. The summed E-state index contributed by atoms with van der Waals surface area (Å²) in [5, 5.41) is 9.90. The summed E-state index contributed by atoms with van der Waals surface area (Å²) in [6.07, 6.45) is 2.26. The number of likely N-dealkylation sites (tertiary alicyclic amines) is 1. The van der Waals surface area contributed by atoms with E-state index in [0.29, 0.717) is 6.42 Å². The highest BCUT2D eigenvalue weighted by Crippen LogP contribution is 2.68. The summed E-state index contributed by atoms with van der Waals surface area (Å²) >= 11 is 5.31. The molecule has 0 aliphatic carbocycles. The minimum Gasteiger partial charge on any atom is -0.466 e. The number of carbonyl (C=O) groups is 3. The molecule has 3 fully saturated rings. The van der Waals surface area contributed by atoms with Crippen molar-refractivity contribution >= 4 is 51.2 Å². The molecule has 9 heteroatoms. The number of thioether (sulfide) groups is 1. The Hall–Kier alpha value is -1.84. The molecule has 3 aliphatic rings. The molecule has 0 radical (unpaired) electrons. The van der Waals surface area contributed by atoms with Crippen LogP contribution in [-0.4, -0.2) is 74.5 Å². The van der Waals surface area contributed by atoms with Crippen LogP contribution in [-0.2, 0) is 19.1 Å². The van der Waals surface area contributed by atoms with Crippen LogP contribution in [0.15, 0.2) is 30.9 Å². The number of esters is 1. The minimum absolute atomic E-state index is 0.0290. The molecule has 1 aromatic rings. The summed E-state index contributed by atoms with van der Waals surface area (Å²) in [5.74, 6) is -2.16. The highest BCUT2D eigenvalue weighted by molar-refractivity contribution is 9.09. The molecule has 0 aromatic heterocycles. The smallest absolute Gasteiger partial charge is 0.310 e. The number of halogens is 1. The van der Waals surface area contributed by atoms with Gasteiger partial charge in [-0.2, -0.15) is 0 Å². The van der Waals surface area contributed by atoms with Gasteiger partial charge in [0.1, 0.15) is 6.04 Å². The Morgan fingerprint density at radius 1 is 1.40 bits per heavy atom. The normalized spacial score (nSPS) is 31.9. The zero-order chi connectivity index (χ0) is 25.7. The van der Waals surface area contributed by atoms with Gasteiger partial charge >= 0.3 is 5.97 Å². The molecule has 7 nitrogen and oxygen atoms in total. The second-order valence-corrected chi connectivity index (χ2v) is 12.4. The molecular formula is C26H33BrN2O5S.